The zero-order valence-electron chi connectivity index (χ0n) is 17.4. The van der Waals surface area contributed by atoms with Crippen LogP contribution in [-0.2, 0) is 18.1 Å². The molecule has 5 nitrogen and oxygen atoms in total. The van der Waals surface area contributed by atoms with Gasteiger partial charge in [-0.3, -0.25) is 4.98 Å². The Bertz CT molecular complexity index is 1110. The summed E-state index contributed by atoms with van der Waals surface area (Å²) in [6.45, 7) is 5.89. The fourth-order valence-electron chi connectivity index (χ4n) is 2.92. The van der Waals surface area contributed by atoms with E-state index in [-0.39, 0.29) is 5.95 Å². The first-order valence-electron chi connectivity index (χ1n) is 9.55. The number of halogens is 3. The number of benzene rings is 1. The van der Waals surface area contributed by atoms with Gasteiger partial charge in [0.05, 0.1) is 34.5 Å². The van der Waals surface area contributed by atoms with Crippen molar-refractivity contribution in [3.63, 3.8) is 0 Å². The maximum Gasteiger partial charge on any atom is 0.416 e. The van der Waals surface area contributed by atoms with E-state index in [1.807, 2.05) is 32.0 Å². The summed E-state index contributed by atoms with van der Waals surface area (Å²) >= 11 is 0. The highest BCUT2D eigenvalue weighted by atomic mass is 19.4. The second-order valence-electron chi connectivity index (χ2n) is 7.52. The quantitative estimate of drug-likeness (QED) is 0.592. The van der Waals surface area contributed by atoms with Crippen LogP contribution in [0.15, 0.2) is 48.7 Å². The molecule has 0 radical (unpaired) electrons. The average molecular weight is 425 g/mol. The van der Waals surface area contributed by atoms with E-state index >= 15 is 0 Å². The normalized spacial score (nSPS) is 11.5. The number of hydrogen-bond donors (Lipinski definition) is 2. The molecular formula is C23H22F3N5. The summed E-state index contributed by atoms with van der Waals surface area (Å²) < 4.78 is 38.5. The van der Waals surface area contributed by atoms with Gasteiger partial charge in [0.25, 0.3) is 0 Å². The number of alkyl halides is 3. The van der Waals surface area contributed by atoms with E-state index in [0.717, 1.165) is 17.8 Å². The average Bonchev–Trinajstić information content (AvgIpc) is 2.71. The number of anilines is 2. The molecule has 0 aliphatic heterocycles. The summed E-state index contributed by atoms with van der Waals surface area (Å²) in [6, 6.07) is 10.6. The molecule has 3 N–H and O–H groups in total. The highest BCUT2D eigenvalue weighted by molar-refractivity contribution is 5.59. The summed E-state index contributed by atoms with van der Waals surface area (Å²) in [5.74, 6) is 6.83. The molecule has 0 aliphatic rings. The van der Waals surface area contributed by atoms with Gasteiger partial charge < -0.3 is 11.1 Å². The molecular weight excluding hydrogens is 403 g/mol. The standard InChI is InChI=1S/C23H22F3N5/c1-15-19(20(31-21(27)30-15)29-14-18-6-4-5-13-28-18)11-12-22(2,3)16-7-9-17(10-8-16)23(24,25)26/h4-10,13H,14H2,1-3H3,(H3,27,29,30,31). The number of nitrogens with zero attached hydrogens (tertiary/aromatic N) is 3. The number of nitrogens with two attached hydrogens (primary N) is 1. The van der Waals surface area contributed by atoms with Gasteiger partial charge in [0, 0.05) is 6.20 Å². The van der Waals surface area contributed by atoms with Crippen molar-refractivity contribution in [2.24, 2.45) is 0 Å². The molecule has 2 heterocycles. The predicted octanol–water partition coefficient (Wildman–Crippen LogP) is 4.72. The minimum absolute atomic E-state index is 0.119. The van der Waals surface area contributed by atoms with Crippen molar-refractivity contribution >= 4 is 11.8 Å². The Morgan fingerprint density at radius 2 is 1.68 bits per heavy atom. The van der Waals surface area contributed by atoms with E-state index in [0.29, 0.717) is 29.2 Å². The molecule has 3 rings (SSSR count). The van der Waals surface area contributed by atoms with Crippen molar-refractivity contribution in [1.29, 1.82) is 0 Å². The zero-order chi connectivity index (χ0) is 22.6. The number of aromatic nitrogens is 3. The van der Waals surface area contributed by atoms with Gasteiger partial charge in [-0.05, 0) is 50.6 Å². The van der Waals surface area contributed by atoms with Gasteiger partial charge in [0.1, 0.15) is 5.82 Å². The first-order chi connectivity index (χ1) is 14.6. The number of aryl methyl sites for hydroxylation is 1. The molecule has 8 heteroatoms. The second kappa shape index (κ2) is 8.64. The van der Waals surface area contributed by atoms with Crippen molar-refractivity contribution in [1.82, 2.24) is 15.0 Å². The Labute approximate surface area is 179 Å². The molecule has 1 aromatic carbocycles. The van der Waals surface area contributed by atoms with Crippen LogP contribution >= 0.6 is 0 Å². The molecule has 160 valence electrons. The van der Waals surface area contributed by atoms with Crippen LogP contribution < -0.4 is 11.1 Å². The van der Waals surface area contributed by atoms with Crippen molar-refractivity contribution < 1.29 is 13.2 Å². The molecule has 0 saturated heterocycles. The zero-order valence-corrected chi connectivity index (χ0v) is 17.4. The van der Waals surface area contributed by atoms with Gasteiger partial charge in [-0.2, -0.15) is 18.2 Å². The van der Waals surface area contributed by atoms with Gasteiger partial charge in [-0.1, -0.05) is 30.0 Å². The molecule has 0 amide bonds. The summed E-state index contributed by atoms with van der Waals surface area (Å²) in [6.07, 6.45) is -2.68. The third-order valence-corrected chi connectivity index (χ3v) is 4.70. The van der Waals surface area contributed by atoms with Gasteiger partial charge in [-0.25, -0.2) is 4.98 Å². The molecule has 0 saturated carbocycles. The van der Waals surface area contributed by atoms with E-state index in [9.17, 15) is 13.2 Å². The second-order valence-corrected chi connectivity index (χ2v) is 7.52. The fraction of sp³-hybridized carbons (Fsp3) is 0.261. The summed E-state index contributed by atoms with van der Waals surface area (Å²) in [5.41, 5.74) is 7.08. The Kier molecular flexibility index (Phi) is 6.16. The van der Waals surface area contributed by atoms with E-state index < -0.39 is 17.2 Å². The number of pyridine rings is 1. The van der Waals surface area contributed by atoms with Crippen LogP contribution in [0.2, 0.25) is 0 Å². The van der Waals surface area contributed by atoms with Crippen LogP contribution in [0.5, 0.6) is 0 Å². The Morgan fingerprint density at radius 1 is 1.00 bits per heavy atom. The van der Waals surface area contributed by atoms with Gasteiger partial charge in [-0.15, -0.1) is 0 Å². The smallest absolute Gasteiger partial charge is 0.368 e. The lowest BCUT2D eigenvalue weighted by Gasteiger charge is -2.19. The van der Waals surface area contributed by atoms with E-state index in [1.54, 1.807) is 13.1 Å². The number of rotatable bonds is 4. The molecule has 0 unspecified atom stereocenters. The first kappa shape index (κ1) is 22.1. The highest BCUT2D eigenvalue weighted by Gasteiger charge is 2.30. The SMILES string of the molecule is Cc1nc(N)nc(NCc2ccccn2)c1C#CC(C)(C)c1ccc(C(F)(F)F)cc1. The highest BCUT2D eigenvalue weighted by Crippen LogP contribution is 2.31. The van der Waals surface area contributed by atoms with Crippen LogP contribution in [-0.4, -0.2) is 15.0 Å². The topological polar surface area (TPSA) is 76.7 Å². The number of hydrogen-bond acceptors (Lipinski definition) is 5. The van der Waals surface area contributed by atoms with E-state index in [1.165, 1.54) is 12.1 Å². The number of nitrogen functional groups attached to an aromatic ring is 1. The van der Waals surface area contributed by atoms with Gasteiger partial charge in [0.15, 0.2) is 0 Å². The van der Waals surface area contributed by atoms with Crippen LogP contribution in [0.4, 0.5) is 24.9 Å². The lowest BCUT2D eigenvalue weighted by Crippen LogP contribution is -2.15. The Hall–Kier alpha value is -3.60. The maximum atomic E-state index is 12.8. The minimum Gasteiger partial charge on any atom is -0.368 e. The van der Waals surface area contributed by atoms with Crippen LogP contribution in [0.25, 0.3) is 0 Å². The third-order valence-electron chi connectivity index (χ3n) is 4.70. The molecule has 0 aliphatic carbocycles. The van der Waals surface area contributed by atoms with Crippen molar-refractivity contribution in [3.05, 3.63) is 76.7 Å². The Balaban J connectivity index is 1.89. The van der Waals surface area contributed by atoms with Crippen LogP contribution in [0, 0.1) is 18.8 Å². The largest absolute Gasteiger partial charge is 0.416 e. The number of nitrogens with one attached hydrogen (secondary N) is 1. The van der Waals surface area contributed by atoms with Crippen molar-refractivity contribution in [2.45, 2.75) is 38.9 Å². The lowest BCUT2D eigenvalue weighted by atomic mass is 9.84. The monoisotopic (exact) mass is 425 g/mol. The molecule has 2 aromatic heterocycles. The first-order valence-corrected chi connectivity index (χ1v) is 9.55. The van der Waals surface area contributed by atoms with Gasteiger partial charge in [0.2, 0.25) is 5.95 Å². The van der Waals surface area contributed by atoms with Crippen LogP contribution in [0.3, 0.4) is 0 Å². The fourth-order valence-corrected chi connectivity index (χ4v) is 2.92. The van der Waals surface area contributed by atoms with Crippen molar-refractivity contribution in [2.75, 3.05) is 11.1 Å². The maximum absolute atomic E-state index is 12.8. The molecule has 0 fully saturated rings. The third kappa shape index (κ3) is 5.51. The summed E-state index contributed by atoms with van der Waals surface area (Å²) in [4.78, 5) is 12.7. The molecule has 0 bridgehead atoms. The minimum atomic E-state index is -4.37. The molecule has 31 heavy (non-hydrogen) atoms. The predicted molar refractivity (Wildman–Crippen MR) is 114 cm³/mol. The lowest BCUT2D eigenvalue weighted by molar-refractivity contribution is -0.137. The van der Waals surface area contributed by atoms with Gasteiger partial charge >= 0.3 is 6.18 Å². The van der Waals surface area contributed by atoms with Crippen molar-refractivity contribution in [3.8, 4) is 11.8 Å². The molecule has 3 aromatic rings. The summed E-state index contributed by atoms with van der Waals surface area (Å²) in [7, 11) is 0. The summed E-state index contributed by atoms with van der Waals surface area (Å²) in [5, 5.41) is 3.19. The van der Waals surface area contributed by atoms with E-state index in [2.05, 4.69) is 32.1 Å². The molecule has 0 spiro atoms. The van der Waals surface area contributed by atoms with Crippen LogP contribution in [0.1, 0.15) is 41.9 Å². The Morgan fingerprint density at radius 3 is 2.29 bits per heavy atom. The molecule has 0 atom stereocenters. The van der Waals surface area contributed by atoms with E-state index in [4.69, 9.17) is 5.73 Å².